The number of hydrogen-bond donors (Lipinski definition) is 0. The molecule has 3 aromatic carbocycles. The summed E-state index contributed by atoms with van der Waals surface area (Å²) in [5.41, 5.74) is 1.41. The van der Waals surface area contributed by atoms with E-state index in [4.69, 9.17) is 23.9 Å². The van der Waals surface area contributed by atoms with Crippen LogP contribution in [0.1, 0.15) is 48.9 Å². The van der Waals surface area contributed by atoms with Crippen molar-refractivity contribution in [2.45, 2.75) is 32.7 Å². The Morgan fingerprint density at radius 3 is 2.22 bits per heavy atom. The third-order valence-corrected chi connectivity index (χ3v) is 6.88. The predicted molar refractivity (Wildman–Crippen MR) is 159 cm³/mol. The van der Waals surface area contributed by atoms with Gasteiger partial charge in [0.2, 0.25) is 0 Å². The quantitative estimate of drug-likeness (QED) is 0.202. The fraction of sp³-hybridized carbons (Fsp3) is 0.344. The van der Waals surface area contributed by atoms with Gasteiger partial charge in [-0.15, -0.1) is 0 Å². The Balaban J connectivity index is 1.91. The lowest BCUT2D eigenvalue weighted by molar-refractivity contribution is 0.0633. The molecule has 41 heavy (non-hydrogen) atoms. The second kappa shape index (κ2) is 13.8. The zero-order valence-corrected chi connectivity index (χ0v) is 24.3. The van der Waals surface area contributed by atoms with Crippen LogP contribution in [0.4, 0.5) is 0 Å². The van der Waals surface area contributed by atoms with Crippen LogP contribution in [-0.4, -0.2) is 61.4 Å². The minimum atomic E-state index is -0.527. The highest BCUT2D eigenvalue weighted by molar-refractivity contribution is 5.95. The SMILES string of the molecule is CCOc1ccc(-n2c(C(CC)N(CCCOC)C(=O)c3cc(OC)cc(OC)c3)nc3ccccc3c2=O)cc1. The Bertz CT molecular complexity index is 1510. The van der Waals surface area contributed by atoms with Crippen LogP contribution in [-0.2, 0) is 4.74 Å². The molecule has 1 aromatic heterocycles. The van der Waals surface area contributed by atoms with Crippen molar-refractivity contribution >= 4 is 16.8 Å². The fourth-order valence-electron chi connectivity index (χ4n) is 4.90. The van der Waals surface area contributed by atoms with E-state index in [9.17, 15) is 9.59 Å². The molecule has 1 amide bonds. The molecule has 9 nitrogen and oxygen atoms in total. The molecule has 216 valence electrons. The van der Waals surface area contributed by atoms with Crippen LogP contribution in [0.3, 0.4) is 0 Å². The van der Waals surface area contributed by atoms with Crippen molar-refractivity contribution in [3.63, 3.8) is 0 Å². The van der Waals surface area contributed by atoms with E-state index < -0.39 is 6.04 Å². The van der Waals surface area contributed by atoms with Crippen molar-refractivity contribution in [2.24, 2.45) is 0 Å². The van der Waals surface area contributed by atoms with Gasteiger partial charge in [-0.05, 0) is 68.3 Å². The number of aromatic nitrogens is 2. The molecule has 0 saturated carbocycles. The molecule has 0 radical (unpaired) electrons. The second-order valence-electron chi connectivity index (χ2n) is 9.42. The first-order valence-electron chi connectivity index (χ1n) is 13.7. The molecule has 0 N–H and O–H groups in total. The number of rotatable bonds is 13. The highest BCUT2D eigenvalue weighted by Gasteiger charge is 2.30. The van der Waals surface area contributed by atoms with E-state index in [1.807, 2.05) is 56.3 Å². The molecule has 1 heterocycles. The van der Waals surface area contributed by atoms with Crippen molar-refractivity contribution in [3.05, 3.63) is 88.5 Å². The van der Waals surface area contributed by atoms with Crippen LogP contribution < -0.4 is 19.8 Å². The standard InChI is InChI=1S/C32H37N3O6/c1-6-29(34(17-10-18-38-3)31(36)22-19-25(39-4)21-26(20-22)40-5)30-33-28-12-9-8-11-27(28)32(37)35(30)23-13-15-24(16-14-23)41-7-2/h8-9,11-16,19-21,29H,6-7,10,17-18H2,1-5H3. The number of methoxy groups -OCH3 is 3. The predicted octanol–water partition coefficient (Wildman–Crippen LogP) is 5.43. The number of para-hydroxylation sites is 1. The van der Waals surface area contributed by atoms with Gasteiger partial charge >= 0.3 is 0 Å². The highest BCUT2D eigenvalue weighted by atomic mass is 16.5. The molecule has 0 aliphatic rings. The first-order valence-corrected chi connectivity index (χ1v) is 13.7. The minimum absolute atomic E-state index is 0.208. The lowest BCUT2D eigenvalue weighted by Gasteiger charge is -2.32. The van der Waals surface area contributed by atoms with Gasteiger partial charge in [0.05, 0.1) is 43.5 Å². The van der Waals surface area contributed by atoms with Crippen molar-refractivity contribution in [2.75, 3.05) is 41.1 Å². The Morgan fingerprint density at radius 1 is 0.927 bits per heavy atom. The smallest absolute Gasteiger partial charge is 0.266 e. The zero-order valence-electron chi connectivity index (χ0n) is 24.3. The molecule has 0 spiro atoms. The molecule has 1 atom stereocenters. The number of ether oxygens (including phenoxy) is 4. The van der Waals surface area contributed by atoms with E-state index in [1.54, 1.807) is 55.1 Å². The van der Waals surface area contributed by atoms with Gasteiger partial charge in [-0.25, -0.2) is 4.98 Å². The molecular formula is C32H37N3O6. The van der Waals surface area contributed by atoms with Crippen molar-refractivity contribution < 1.29 is 23.7 Å². The Kier molecular flexibility index (Phi) is 9.97. The number of nitrogens with zero attached hydrogens (tertiary/aromatic N) is 3. The van der Waals surface area contributed by atoms with Gasteiger partial charge in [-0.3, -0.25) is 14.2 Å². The van der Waals surface area contributed by atoms with Crippen LogP contribution >= 0.6 is 0 Å². The van der Waals surface area contributed by atoms with Crippen LogP contribution in [0, 0.1) is 0 Å². The number of amides is 1. The minimum Gasteiger partial charge on any atom is -0.497 e. The number of carbonyl (C=O) groups excluding carboxylic acids is 1. The monoisotopic (exact) mass is 559 g/mol. The topological polar surface area (TPSA) is 92.1 Å². The van der Waals surface area contributed by atoms with Gasteiger partial charge in [0.25, 0.3) is 11.5 Å². The molecule has 0 aliphatic carbocycles. The maximum Gasteiger partial charge on any atom is 0.266 e. The zero-order chi connectivity index (χ0) is 29.4. The summed E-state index contributed by atoms with van der Waals surface area (Å²) in [6.45, 7) is 5.29. The molecule has 0 aliphatic heterocycles. The molecule has 0 saturated heterocycles. The average Bonchev–Trinajstić information content (AvgIpc) is 3.01. The maximum absolute atomic E-state index is 14.2. The molecule has 9 heteroatoms. The van der Waals surface area contributed by atoms with Crippen molar-refractivity contribution in [3.8, 4) is 22.9 Å². The normalized spacial score (nSPS) is 11.7. The number of carbonyl (C=O) groups is 1. The fourth-order valence-corrected chi connectivity index (χ4v) is 4.90. The number of benzene rings is 3. The second-order valence-corrected chi connectivity index (χ2v) is 9.42. The van der Waals surface area contributed by atoms with Crippen LogP contribution in [0.25, 0.3) is 16.6 Å². The summed E-state index contributed by atoms with van der Waals surface area (Å²) in [5, 5.41) is 0.495. The third-order valence-electron chi connectivity index (χ3n) is 6.88. The van der Waals surface area contributed by atoms with Crippen molar-refractivity contribution in [1.29, 1.82) is 0 Å². The van der Waals surface area contributed by atoms with Gasteiger partial charge < -0.3 is 23.8 Å². The molecule has 1 unspecified atom stereocenters. The van der Waals surface area contributed by atoms with E-state index in [2.05, 4.69) is 0 Å². The summed E-state index contributed by atoms with van der Waals surface area (Å²) in [6, 6.07) is 19.2. The van der Waals surface area contributed by atoms with Gasteiger partial charge in [0, 0.05) is 31.9 Å². The number of fused-ring (bicyclic) bond motifs is 1. The first-order chi connectivity index (χ1) is 19.9. The van der Waals surface area contributed by atoms with E-state index >= 15 is 0 Å². The molecule has 4 aromatic rings. The maximum atomic E-state index is 14.2. The molecule has 4 rings (SSSR count). The lowest BCUT2D eigenvalue weighted by Crippen LogP contribution is -2.39. The van der Waals surface area contributed by atoms with Crippen LogP contribution in [0.15, 0.2) is 71.5 Å². The summed E-state index contributed by atoms with van der Waals surface area (Å²) in [4.78, 5) is 35.0. The summed E-state index contributed by atoms with van der Waals surface area (Å²) in [5.74, 6) is 1.96. The summed E-state index contributed by atoms with van der Waals surface area (Å²) < 4.78 is 23.4. The molecular weight excluding hydrogens is 522 g/mol. The third kappa shape index (κ3) is 6.52. The van der Waals surface area contributed by atoms with Crippen LogP contribution in [0.2, 0.25) is 0 Å². The van der Waals surface area contributed by atoms with E-state index in [0.29, 0.717) is 77.8 Å². The Labute approximate surface area is 240 Å². The van der Waals surface area contributed by atoms with Crippen LogP contribution in [0.5, 0.6) is 17.2 Å². The van der Waals surface area contributed by atoms with E-state index in [0.717, 1.165) is 0 Å². The highest BCUT2D eigenvalue weighted by Crippen LogP contribution is 2.30. The average molecular weight is 560 g/mol. The Morgan fingerprint density at radius 2 is 1.61 bits per heavy atom. The largest absolute Gasteiger partial charge is 0.497 e. The van der Waals surface area contributed by atoms with Gasteiger partial charge in [-0.2, -0.15) is 0 Å². The molecule has 0 fully saturated rings. The van der Waals surface area contributed by atoms with Gasteiger partial charge in [0.15, 0.2) is 0 Å². The van der Waals surface area contributed by atoms with Gasteiger partial charge in [0.1, 0.15) is 23.1 Å². The summed E-state index contributed by atoms with van der Waals surface area (Å²) >= 11 is 0. The lowest BCUT2D eigenvalue weighted by atomic mass is 10.1. The Hall–Kier alpha value is -4.37. The summed E-state index contributed by atoms with van der Waals surface area (Å²) in [6.07, 6.45) is 1.11. The van der Waals surface area contributed by atoms with Crippen molar-refractivity contribution in [1.82, 2.24) is 14.5 Å². The van der Waals surface area contributed by atoms with E-state index in [1.165, 1.54) is 0 Å². The van der Waals surface area contributed by atoms with Gasteiger partial charge in [-0.1, -0.05) is 19.1 Å². The summed E-state index contributed by atoms with van der Waals surface area (Å²) in [7, 11) is 4.72. The number of hydrogen-bond acceptors (Lipinski definition) is 7. The molecule has 0 bridgehead atoms. The van der Waals surface area contributed by atoms with E-state index in [-0.39, 0.29) is 11.5 Å². The first kappa shape index (κ1) is 29.6.